The molecule has 0 aromatic rings. The van der Waals surface area contributed by atoms with Gasteiger partial charge in [0.05, 0.1) is 0 Å². The van der Waals surface area contributed by atoms with Crippen LogP contribution in [0.4, 0.5) is 0 Å². The van der Waals surface area contributed by atoms with Crippen LogP contribution in [-0.2, 0) is 0 Å². The molecule has 0 saturated carbocycles. The largest absolute Gasteiger partial charge is 1.00 e. The molecule has 8 heteroatoms. The number of rotatable bonds is 4. The summed E-state index contributed by atoms with van der Waals surface area (Å²) in [6.07, 6.45) is 0. The third kappa shape index (κ3) is 3.94. The zero-order valence-corrected chi connectivity index (χ0v) is 21.4. The third-order valence-corrected chi connectivity index (χ3v) is 63.5. The van der Waals surface area contributed by atoms with E-state index >= 15 is 0 Å². The standard InChI is InChI=1S/C10H27Si3.3ClH.Ga.Li/c1-11(2,3)10(12(4,5)6)13(7,8)9;;;;;/h1-9H3;3*1H;;/q;;;;+2;+1/p-3. The van der Waals surface area contributed by atoms with Gasteiger partial charge in [-0.15, -0.1) is 0 Å². The first kappa shape index (κ1) is 23.0. The summed E-state index contributed by atoms with van der Waals surface area (Å²) in [5.41, 5.74) is 0. The van der Waals surface area contributed by atoms with Crippen molar-refractivity contribution in [2.45, 2.75) is 61.8 Å². The second kappa shape index (κ2) is 6.48. The van der Waals surface area contributed by atoms with Gasteiger partial charge in [-0.2, -0.15) is 0 Å². The maximum atomic E-state index is 6.75. The molecular formula is C10H27Cl3GaLiSi3. The van der Waals surface area contributed by atoms with Crippen LogP contribution in [0.2, 0.25) is 61.8 Å². The van der Waals surface area contributed by atoms with Crippen molar-refractivity contribution in [3.05, 3.63) is 0 Å². The van der Waals surface area contributed by atoms with E-state index in [1.54, 1.807) is 0 Å². The fourth-order valence-corrected chi connectivity index (χ4v) is 99.3. The fourth-order valence-electron chi connectivity index (χ4n) is 4.85. The maximum absolute atomic E-state index is 6.75. The van der Waals surface area contributed by atoms with Crippen LogP contribution < -0.4 is 18.9 Å². The summed E-state index contributed by atoms with van der Waals surface area (Å²) < 4.78 is 0.166. The van der Waals surface area contributed by atoms with Crippen molar-refractivity contribution >= 4 is 65.2 Å². The second-order valence-corrected chi connectivity index (χ2v) is 47.0. The van der Waals surface area contributed by atoms with E-state index < -0.39 is 36.2 Å². The Kier molecular flexibility index (Phi) is 8.28. The minimum absolute atomic E-state index is 0. The molecule has 0 aliphatic heterocycles. The molecule has 0 aliphatic rings. The Balaban J connectivity index is 0. The Morgan fingerprint density at radius 1 is 0.611 bits per heavy atom. The van der Waals surface area contributed by atoms with Crippen LogP contribution >= 0.6 is 28.9 Å². The normalized spacial score (nSPS) is 15.3. The van der Waals surface area contributed by atoms with E-state index in [0.29, 0.717) is 0 Å². The molecule has 0 N–H and O–H groups in total. The van der Waals surface area contributed by atoms with Gasteiger partial charge in [-0.05, 0) is 0 Å². The van der Waals surface area contributed by atoms with Gasteiger partial charge in [0.25, 0.3) is 0 Å². The summed E-state index contributed by atoms with van der Waals surface area (Å²) in [7, 11) is 15.7. The Bertz CT molecular complexity index is 225. The second-order valence-electron chi connectivity index (χ2n) is 8.13. The molecule has 0 aromatic carbocycles. The van der Waals surface area contributed by atoms with Gasteiger partial charge in [0.2, 0.25) is 0 Å². The summed E-state index contributed by atoms with van der Waals surface area (Å²) in [4.78, 5) is 0. The smallest absolute Gasteiger partial charge is 1.00 e. The molecule has 18 heavy (non-hydrogen) atoms. The van der Waals surface area contributed by atoms with Crippen LogP contribution in [0.5, 0.6) is 0 Å². The zero-order chi connectivity index (χ0) is 14.5. The summed E-state index contributed by atoms with van der Waals surface area (Å²) in [6.45, 7) is 21.8. The minimum atomic E-state index is -3.49. The first-order valence-electron chi connectivity index (χ1n) is 6.19. The average Bonchev–Trinajstić information content (AvgIpc) is 1.67. The molecule has 0 bridgehead atoms. The summed E-state index contributed by atoms with van der Waals surface area (Å²) >= 11 is -3.49. The fraction of sp³-hybridized carbons (Fsp3) is 1.00. The summed E-state index contributed by atoms with van der Waals surface area (Å²) in [5.74, 6) is 0. The van der Waals surface area contributed by atoms with Crippen molar-refractivity contribution in [1.29, 1.82) is 0 Å². The van der Waals surface area contributed by atoms with Crippen molar-refractivity contribution in [2.75, 3.05) is 0 Å². The molecule has 0 aromatic heterocycles. The average molecular weight is 415 g/mol. The van der Waals surface area contributed by atoms with Gasteiger partial charge in [0.1, 0.15) is 0 Å². The van der Waals surface area contributed by atoms with E-state index in [-0.39, 0.29) is 21.7 Å². The molecule has 0 radical (unpaired) electrons. The molecule has 0 fully saturated rings. The van der Waals surface area contributed by atoms with Gasteiger partial charge in [0.15, 0.2) is 0 Å². The molecule has 0 heterocycles. The molecule has 104 valence electrons. The first-order valence-corrected chi connectivity index (χ1v) is 27.5. The number of hydrogen-bond donors (Lipinski definition) is 0. The van der Waals surface area contributed by atoms with Gasteiger partial charge in [0, 0.05) is 0 Å². The van der Waals surface area contributed by atoms with E-state index in [0.717, 1.165) is 0 Å². The Hall–Kier alpha value is 2.75. The molecule has 0 saturated heterocycles. The van der Waals surface area contributed by atoms with Crippen LogP contribution in [0.3, 0.4) is 0 Å². The van der Waals surface area contributed by atoms with Crippen LogP contribution in [0.1, 0.15) is 0 Å². The molecule has 0 spiro atoms. The molecular weight excluding hydrogens is 387 g/mol. The SMILES string of the molecule is C[Si](C)(C)[C]([Si](C)(C)C)([Si](C)(C)C)[Ga-]([Cl])([Cl])[Cl].[Li+]. The Morgan fingerprint density at radius 3 is 0.778 bits per heavy atom. The van der Waals surface area contributed by atoms with Crippen molar-refractivity contribution < 1.29 is 18.9 Å². The van der Waals surface area contributed by atoms with Crippen molar-refractivity contribution in [1.82, 2.24) is 0 Å². The molecule has 0 aliphatic carbocycles. The molecule has 0 atom stereocenters. The summed E-state index contributed by atoms with van der Waals surface area (Å²) in [5, 5.41) is 0. The van der Waals surface area contributed by atoms with Crippen LogP contribution in [0.25, 0.3) is 0 Å². The van der Waals surface area contributed by atoms with Gasteiger partial charge >= 0.3 is 146 Å². The van der Waals surface area contributed by atoms with E-state index in [9.17, 15) is 0 Å². The molecule has 0 unspecified atom stereocenters. The predicted molar refractivity (Wildman–Crippen MR) is 96.0 cm³/mol. The molecule has 0 nitrogen and oxygen atoms in total. The van der Waals surface area contributed by atoms with E-state index in [1.165, 1.54) is 0 Å². The minimum Gasteiger partial charge on any atom is 1.00 e. The monoisotopic (exact) mass is 412 g/mol. The van der Waals surface area contributed by atoms with E-state index in [4.69, 9.17) is 28.9 Å². The third-order valence-electron chi connectivity index (χ3n) is 4.04. The first-order chi connectivity index (χ1) is 7.00. The quantitative estimate of drug-likeness (QED) is 0.621. The van der Waals surface area contributed by atoms with Crippen molar-refractivity contribution in [3.8, 4) is 0 Å². The van der Waals surface area contributed by atoms with E-state index in [1.807, 2.05) is 0 Å². The number of hydrogen-bond acceptors (Lipinski definition) is 0. The number of halogens is 3. The maximum Gasteiger partial charge on any atom is 1.00 e. The van der Waals surface area contributed by atoms with Gasteiger partial charge in [-0.25, -0.2) is 0 Å². The Labute approximate surface area is 144 Å². The van der Waals surface area contributed by atoms with Crippen molar-refractivity contribution in [3.63, 3.8) is 0 Å². The van der Waals surface area contributed by atoms with Crippen molar-refractivity contribution in [2.24, 2.45) is 0 Å². The zero-order valence-electron chi connectivity index (χ0n) is 13.7. The predicted octanol–water partition coefficient (Wildman–Crippen LogP) is 3.02. The molecule has 0 amide bonds. The Morgan fingerprint density at radius 2 is 0.778 bits per heavy atom. The molecule has 0 rings (SSSR count). The van der Waals surface area contributed by atoms with Crippen LogP contribution in [0.15, 0.2) is 0 Å². The van der Waals surface area contributed by atoms with Gasteiger partial charge in [-0.1, -0.05) is 0 Å². The van der Waals surface area contributed by atoms with E-state index in [2.05, 4.69) is 58.9 Å². The van der Waals surface area contributed by atoms with Gasteiger partial charge in [-0.3, -0.25) is 0 Å². The van der Waals surface area contributed by atoms with Crippen LogP contribution in [-0.4, -0.2) is 36.2 Å². The summed E-state index contributed by atoms with van der Waals surface area (Å²) in [6, 6.07) is 0. The topological polar surface area (TPSA) is 0 Å². The van der Waals surface area contributed by atoms with Crippen LogP contribution in [0, 0.1) is 0 Å². The van der Waals surface area contributed by atoms with Gasteiger partial charge < -0.3 is 0 Å².